The summed E-state index contributed by atoms with van der Waals surface area (Å²) >= 11 is 5.71. The first-order chi connectivity index (χ1) is 7.72. The second-order valence-corrected chi connectivity index (χ2v) is 3.60. The van der Waals surface area contributed by atoms with Crippen molar-refractivity contribution in [1.82, 2.24) is 9.97 Å². The van der Waals surface area contributed by atoms with Crippen molar-refractivity contribution in [2.24, 2.45) is 0 Å². The van der Waals surface area contributed by atoms with Gasteiger partial charge < -0.3 is 10.1 Å². The first kappa shape index (κ1) is 13.1. The zero-order valence-electron chi connectivity index (χ0n) is 9.33. The molecule has 6 heteroatoms. The topological polar surface area (TPSA) is 47.0 Å². The molecule has 0 aliphatic heterocycles. The fourth-order valence-corrected chi connectivity index (χ4v) is 1.44. The molecule has 0 aliphatic rings. The Balaban J connectivity index is 2.79. The summed E-state index contributed by atoms with van der Waals surface area (Å²) in [7, 11) is 1.56. The Bertz CT molecular complexity index is 338. The van der Waals surface area contributed by atoms with E-state index in [0.29, 0.717) is 24.6 Å². The number of hydrogen-bond acceptors (Lipinski definition) is 4. The van der Waals surface area contributed by atoms with Crippen molar-refractivity contribution >= 4 is 17.4 Å². The molecular weight excluding hydrogens is 233 g/mol. The van der Waals surface area contributed by atoms with E-state index in [-0.39, 0.29) is 11.9 Å². The van der Waals surface area contributed by atoms with Gasteiger partial charge in [0.1, 0.15) is 6.33 Å². The second-order valence-electron chi connectivity index (χ2n) is 3.29. The van der Waals surface area contributed by atoms with Gasteiger partial charge in [-0.15, -0.1) is 11.6 Å². The number of alkyl halides is 1. The van der Waals surface area contributed by atoms with Crippen LogP contribution in [-0.2, 0) is 11.2 Å². The fourth-order valence-electron chi connectivity index (χ4n) is 1.27. The Morgan fingerprint density at radius 1 is 1.56 bits per heavy atom. The zero-order chi connectivity index (χ0) is 12.0. The third-order valence-corrected chi connectivity index (χ3v) is 2.46. The molecule has 4 nitrogen and oxygen atoms in total. The zero-order valence-corrected chi connectivity index (χ0v) is 10.1. The maximum Gasteiger partial charge on any atom is 0.186 e. The van der Waals surface area contributed by atoms with E-state index in [1.54, 1.807) is 7.11 Å². The highest BCUT2D eigenvalue weighted by Crippen LogP contribution is 2.14. The van der Waals surface area contributed by atoms with Crippen molar-refractivity contribution in [2.75, 3.05) is 24.9 Å². The summed E-state index contributed by atoms with van der Waals surface area (Å²) in [6.07, 6.45) is 1.86. The van der Waals surface area contributed by atoms with E-state index in [9.17, 15) is 4.39 Å². The molecule has 1 unspecified atom stereocenters. The van der Waals surface area contributed by atoms with Crippen molar-refractivity contribution in [3.05, 3.63) is 17.8 Å². The Hall–Kier alpha value is -0.940. The van der Waals surface area contributed by atoms with Gasteiger partial charge in [0.25, 0.3) is 0 Å². The van der Waals surface area contributed by atoms with Crippen LogP contribution in [0.4, 0.5) is 10.2 Å². The van der Waals surface area contributed by atoms with Crippen molar-refractivity contribution in [2.45, 2.75) is 19.4 Å². The van der Waals surface area contributed by atoms with Crippen LogP contribution in [0.25, 0.3) is 0 Å². The molecule has 90 valence electrons. The molecule has 0 aromatic carbocycles. The third kappa shape index (κ3) is 3.28. The molecule has 0 spiro atoms. The number of rotatable bonds is 6. The molecular formula is C10H15ClFN3O. The predicted octanol–water partition coefficient (Wildman–Crippen LogP) is 1.84. The van der Waals surface area contributed by atoms with Gasteiger partial charge in [-0.2, -0.15) is 0 Å². The SMILES string of the molecule is CCc1ncnc(NC(CCl)COC)c1F. The first-order valence-corrected chi connectivity index (χ1v) is 5.57. The van der Waals surface area contributed by atoms with Gasteiger partial charge in [0.15, 0.2) is 11.6 Å². The summed E-state index contributed by atoms with van der Waals surface area (Å²) < 4.78 is 18.7. The van der Waals surface area contributed by atoms with E-state index in [1.807, 2.05) is 6.92 Å². The molecule has 0 bridgehead atoms. The number of hydrogen-bond donors (Lipinski definition) is 1. The summed E-state index contributed by atoms with van der Waals surface area (Å²) in [6, 6.07) is -0.166. The second kappa shape index (κ2) is 6.60. The highest BCUT2D eigenvalue weighted by atomic mass is 35.5. The quantitative estimate of drug-likeness (QED) is 0.780. The van der Waals surface area contributed by atoms with E-state index in [1.165, 1.54) is 6.33 Å². The van der Waals surface area contributed by atoms with Gasteiger partial charge in [-0.1, -0.05) is 6.92 Å². The number of methoxy groups -OCH3 is 1. The molecule has 0 saturated heterocycles. The van der Waals surface area contributed by atoms with Crippen molar-refractivity contribution in [3.8, 4) is 0 Å². The number of anilines is 1. The van der Waals surface area contributed by atoms with Crippen molar-refractivity contribution < 1.29 is 9.13 Å². The standard InChI is InChI=1S/C10H15ClFN3O/c1-3-8-9(12)10(14-6-13-8)15-7(4-11)5-16-2/h6-7H,3-5H2,1-2H3,(H,13,14,15). The summed E-state index contributed by atoms with van der Waals surface area (Å²) in [5.41, 5.74) is 0.392. The molecule has 0 saturated carbocycles. The predicted molar refractivity (Wildman–Crippen MR) is 61.4 cm³/mol. The number of ether oxygens (including phenoxy) is 1. The third-order valence-electron chi connectivity index (χ3n) is 2.09. The smallest absolute Gasteiger partial charge is 0.186 e. The highest BCUT2D eigenvalue weighted by Gasteiger charge is 2.13. The Kier molecular flexibility index (Phi) is 5.42. The molecule has 0 aliphatic carbocycles. The molecule has 0 radical (unpaired) electrons. The molecule has 1 N–H and O–H groups in total. The van der Waals surface area contributed by atoms with Crippen LogP contribution >= 0.6 is 11.6 Å². The minimum Gasteiger partial charge on any atom is -0.383 e. The lowest BCUT2D eigenvalue weighted by Crippen LogP contribution is -2.28. The normalized spacial score (nSPS) is 12.5. The molecule has 0 amide bonds. The van der Waals surface area contributed by atoms with Crippen LogP contribution in [0.2, 0.25) is 0 Å². The van der Waals surface area contributed by atoms with Gasteiger partial charge in [0, 0.05) is 13.0 Å². The number of nitrogens with one attached hydrogen (secondary N) is 1. The average Bonchev–Trinajstić information content (AvgIpc) is 2.31. The van der Waals surface area contributed by atoms with Crippen LogP contribution in [-0.4, -0.2) is 35.6 Å². The van der Waals surface area contributed by atoms with Crippen LogP contribution in [0.1, 0.15) is 12.6 Å². The van der Waals surface area contributed by atoms with Gasteiger partial charge in [-0.25, -0.2) is 14.4 Å². The van der Waals surface area contributed by atoms with Gasteiger partial charge in [0.2, 0.25) is 0 Å². The fraction of sp³-hybridized carbons (Fsp3) is 0.600. The molecule has 1 aromatic rings. The number of aromatic nitrogens is 2. The highest BCUT2D eigenvalue weighted by molar-refractivity contribution is 6.18. The van der Waals surface area contributed by atoms with Gasteiger partial charge in [-0.05, 0) is 6.42 Å². The van der Waals surface area contributed by atoms with Gasteiger partial charge in [-0.3, -0.25) is 0 Å². The summed E-state index contributed by atoms with van der Waals surface area (Å²) in [6.45, 7) is 2.23. The monoisotopic (exact) mass is 247 g/mol. The van der Waals surface area contributed by atoms with E-state index in [2.05, 4.69) is 15.3 Å². The Labute approximate surface area is 99.2 Å². The Morgan fingerprint density at radius 2 is 2.31 bits per heavy atom. The van der Waals surface area contributed by atoms with Crippen LogP contribution < -0.4 is 5.32 Å². The van der Waals surface area contributed by atoms with E-state index in [0.717, 1.165) is 0 Å². The van der Waals surface area contributed by atoms with Crippen molar-refractivity contribution in [3.63, 3.8) is 0 Å². The maximum absolute atomic E-state index is 13.7. The van der Waals surface area contributed by atoms with Crippen LogP contribution in [0, 0.1) is 5.82 Å². The van der Waals surface area contributed by atoms with Crippen LogP contribution in [0.5, 0.6) is 0 Å². The summed E-state index contributed by atoms with van der Waals surface area (Å²) in [5, 5.41) is 2.89. The minimum absolute atomic E-state index is 0.166. The summed E-state index contributed by atoms with van der Waals surface area (Å²) in [4.78, 5) is 7.69. The van der Waals surface area contributed by atoms with Crippen molar-refractivity contribution in [1.29, 1.82) is 0 Å². The number of halogens is 2. The first-order valence-electron chi connectivity index (χ1n) is 5.03. The van der Waals surface area contributed by atoms with Gasteiger partial charge in [0.05, 0.1) is 18.3 Å². The Morgan fingerprint density at radius 3 is 2.88 bits per heavy atom. The number of aryl methyl sites for hydroxylation is 1. The lowest BCUT2D eigenvalue weighted by Gasteiger charge is -2.16. The van der Waals surface area contributed by atoms with E-state index >= 15 is 0 Å². The molecule has 1 rings (SSSR count). The molecule has 16 heavy (non-hydrogen) atoms. The average molecular weight is 248 g/mol. The molecule has 1 heterocycles. The van der Waals surface area contributed by atoms with E-state index < -0.39 is 5.82 Å². The molecule has 1 aromatic heterocycles. The number of nitrogens with zero attached hydrogens (tertiary/aromatic N) is 2. The largest absolute Gasteiger partial charge is 0.383 e. The minimum atomic E-state index is -0.420. The summed E-state index contributed by atoms with van der Waals surface area (Å²) in [5.74, 6) is 0.0735. The lowest BCUT2D eigenvalue weighted by atomic mass is 10.3. The lowest BCUT2D eigenvalue weighted by molar-refractivity contribution is 0.191. The van der Waals surface area contributed by atoms with Crippen LogP contribution in [0.3, 0.4) is 0 Å². The van der Waals surface area contributed by atoms with Crippen LogP contribution in [0.15, 0.2) is 6.33 Å². The molecule has 0 fully saturated rings. The van der Waals surface area contributed by atoms with Gasteiger partial charge >= 0.3 is 0 Å². The van der Waals surface area contributed by atoms with E-state index in [4.69, 9.17) is 16.3 Å². The molecule has 1 atom stereocenters. The maximum atomic E-state index is 13.7.